The van der Waals surface area contributed by atoms with Crippen molar-refractivity contribution in [2.75, 3.05) is 26.3 Å². The molecule has 1 aliphatic rings. The fraction of sp³-hybridized carbons (Fsp3) is 0.417. The Kier molecular flexibility index (Phi) is 8.12. The van der Waals surface area contributed by atoms with E-state index in [-0.39, 0.29) is 24.5 Å². The van der Waals surface area contributed by atoms with Crippen LogP contribution >= 0.6 is 0 Å². The highest BCUT2D eigenvalue weighted by Crippen LogP contribution is 2.19. The van der Waals surface area contributed by atoms with Crippen LogP contribution in [-0.4, -0.2) is 49.1 Å². The number of piperidine rings is 1. The van der Waals surface area contributed by atoms with Gasteiger partial charge in [0.2, 0.25) is 5.91 Å². The molecule has 0 atom stereocenters. The third-order valence-electron chi connectivity index (χ3n) is 5.26. The normalized spacial score (nSPS) is 14.2. The molecule has 2 amide bonds. The van der Waals surface area contributed by atoms with Crippen molar-refractivity contribution in [1.82, 2.24) is 10.2 Å². The summed E-state index contributed by atoms with van der Waals surface area (Å²) in [6, 6.07) is 17.4. The van der Waals surface area contributed by atoms with Crippen LogP contribution in [0.5, 0.6) is 11.5 Å². The van der Waals surface area contributed by atoms with Crippen LogP contribution in [0.3, 0.4) is 0 Å². The molecule has 6 nitrogen and oxygen atoms in total. The molecule has 30 heavy (non-hydrogen) atoms. The molecule has 0 saturated carbocycles. The minimum Gasteiger partial charge on any atom is -0.493 e. The van der Waals surface area contributed by atoms with E-state index >= 15 is 0 Å². The van der Waals surface area contributed by atoms with Crippen molar-refractivity contribution in [2.45, 2.75) is 38.6 Å². The topological polar surface area (TPSA) is 67.9 Å². The first-order valence-electron chi connectivity index (χ1n) is 10.6. The standard InChI is InChI=1S/C24H30N2O4/c1-2-19-8-6-7-11-22(19)30-18-24(28)26-15-12-20(13-16-26)25-23(27)14-17-29-21-9-4-3-5-10-21/h3-11,20H,2,12-18H2,1H3,(H,25,27). The molecule has 2 aromatic rings. The van der Waals surface area contributed by atoms with Crippen molar-refractivity contribution in [2.24, 2.45) is 0 Å². The third-order valence-corrected chi connectivity index (χ3v) is 5.26. The van der Waals surface area contributed by atoms with Crippen LogP contribution in [0, 0.1) is 0 Å². The first kappa shape index (κ1) is 21.7. The fourth-order valence-electron chi connectivity index (χ4n) is 3.52. The van der Waals surface area contributed by atoms with Gasteiger partial charge in [-0.25, -0.2) is 0 Å². The Bertz CT molecular complexity index is 817. The van der Waals surface area contributed by atoms with Crippen molar-refractivity contribution in [1.29, 1.82) is 0 Å². The van der Waals surface area contributed by atoms with Crippen LogP contribution in [0.1, 0.15) is 31.7 Å². The van der Waals surface area contributed by atoms with Gasteiger partial charge in [-0.15, -0.1) is 0 Å². The Balaban J connectivity index is 1.33. The van der Waals surface area contributed by atoms with E-state index in [4.69, 9.17) is 9.47 Å². The van der Waals surface area contributed by atoms with E-state index in [1.807, 2.05) is 59.5 Å². The van der Waals surface area contributed by atoms with Crippen LogP contribution < -0.4 is 14.8 Å². The van der Waals surface area contributed by atoms with Crippen molar-refractivity contribution >= 4 is 11.8 Å². The number of ether oxygens (including phenoxy) is 2. The van der Waals surface area contributed by atoms with Gasteiger partial charge in [-0.1, -0.05) is 43.3 Å². The number of hydrogen-bond donors (Lipinski definition) is 1. The number of para-hydroxylation sites is 2. The van der Waals surface area contributed by atoms with Crippen LogP contribution in [0.4, 0.5) is 0 Å². The molecular formula is C24H30N2O4. The average molecular weight is 411 g/mol. The Morgan fingerprint density at radius 2 is 1.70 bits per heavy atom. The number of benzene rings is 2. The monoisotopic (exact) mass is 410 g/mol. The van der Waals surface area contributed by atoms with Crippen molar-refractivity contribution < 1.29 is 19.1 Å². The highest BCUT2D eigenvalue weighted by Gasteiger charge is 2.24. The smallest absolute Gasteiger partial charge is 0.260 e. The maximum Gasteiger partial charge on any atom is 0.260 e. The van der Waals surface area contributed by atoms with Gasteiger partial charge in [-0.3, -0.25) is 9.59 Å². The lowest BCUT2D eigenvalue weighted by molar-refractivity contribution is -0.134. The molecular weight excluding hydrogens is 380 g/mol. The van der Waals surface area contributed by atoms with Crippen LogP contribution in [0.2, 0.25) is 0 Å². The summed E-state index contributed by atoms with van der Waals surface area (Å²) >= 11 is 0. The molecule has 1 saturated heterocycles. The van der Waals surface area contributed by atoms with Gasteiger partial charge in [0.1, 0.15) is 11.5 Å². The quantitative estimate of drug-likeness (QED) is 0.689. The Hall–Kier alpha value is -3.02. The lowest BCUT2D eigenvalue weighted by Gasteiger charge is -2.32. The van der Waals surface area contributed by atoms with E-state index in [0.29, 0.717) is 26.1 Å². The van der Waals surface area contributed by atoms with Gasteiger partial charge in [0.25, 0.3) is 5.91 Å². The average Bonchev–Trinajstić information content (AvgIpc) is 2.79. The second kappa shape index (κ2) is 11.2. The maximum atomic E-state index is 12.5. The largest absolute Gasteiger partial charge is 0.493 e. The summed E-state index contributed by atoms with van der Waals surface area (Å²) in [7, 11) is 0. The zero-order valence-electron chi connectivity index (χ0n) is 17.5. The van der Waals surface area contributed by atoms with E-state index in [1.165, 1.54) is 0 Å². The van der Waals surface area contributed by atoms with Crippen LogP contribution in [0.25, 0.3) is 0 Å². The zero-order valence-corrected chi connectivity index (χ0v) is 17.5. The Labute approximate surface area is 178 Å². The van der Waals surface area contributed by atoms with Gasteiger partial charge in [-0.05, 0) is 43.0 Å². The zero-order chi connectivity index (χ0) is 21.2. The molecule has 1 fully saturated rings. The van der Waals surface area contributed by atoms with Crippen molar-refractivity contribution in [3.8, 4) is 11.5 Å². The minimum absolute atomic E-state index is 0.0121. The molecule has 0 radical (unpaired) electrons. The molecule has 6 heteroatoms. The van der Waals surface area contributed by atoms with E-state index in [2.05, 4.69) is 12.2 Å². The first-order chi connectivity index (χ1) is 14.7. The summed E-state index contributed by atoms with van der Waals surface area (Å²) in [5, 5.41) is 3.05. The minimum atomic E-state index is -0.0183. The second-order valence-corrected chi connectivity index (χ2v) is 7.38. The van der Waals surface area contributed by atoms with Gasteiger partial charge < -0.3 is 19.7 Å². The summed E-state index contributed by atoms with van der Waals surface area (Å²) < 4.78 is 11.3. The van der Waals surface area contributed by atoms with Gasteiger partial charge in [0, 0.05) is 19.1 Å². The molecule has 160 valence electrons. The number of aryl methyl sites for hydroxylation is 1. The fourth-order valence-corrected chi connectivity index (χ4v) is 3.52. The molecule has 1 heterocycles. The molecule has 0 aromatic heterocycles. The summed E-state index contributed by atoms with van der Waals surface area (Å²) in [6.45, 7) is 3.72. The SMILES string of the molecule is CCc1ccccc1OCC(=O)N1CCC(NC(=O)CCOc2ccccc2)CC1. The van der Waals surface area contributed by atoms with Gasteiger partial charge in [-0.2, -0.15) is 0 Å². The molecule has 1 N–H and O–H groups in total. The summed E-state index contributed by atoms with van der Waals surface area (Å²) in [6.07, 6.45) is 2.69. The third kappa shape index (κ3) is 6.51. The molecule has 0 bridgehead atoms. The second-order valence-electron chi connectivity index (χ2n) is 7.38. The van der Waals surface area contributed by atoms with E-state index < -0.39 is 0 Å². The van der Waals surface area contributed by atoms with Gasteiger partial charge in [0.15, 0.2) is 6.61 Å². The lowest BCUT2D eigenvalue weighted by atomic mass is 10.0. The van der Waals surface area contributed by atoms with E-state index in [1.54, 1.807) is 0 Å². The van der Waals surface area contributed by atoms with Crippen molar-refractivity contribution in [3.05, 3.63) is 60.2 Å². The Morgan fingerprint density at radius 1 is 1.00 bits per heavy atom. The van der Waals surface area contributed by atoms with Gasteiger partial charge in [0.05, 0.1) is 13.0 Å². The Morgan fingerprint density at radius 3 is 2.43 bits per heavy atom. The van der Waals surface area contributed by atoms with E-state index in [0.717, 1.165) is 36.3 Å². The van der Waals surface area contributed by atoms with Crippen LogP contribution in [-0.2, 0) is 16.0 Å². The van der Waals surface area contributed by atoms with Crippen LogP contribution in [0.15, 0.2) is 54.6 Å². The summed E-state index contributed by atoms with van der Waals surface area (Å²) in [5.41, 5.74) is 1.10. The lowest BCUT2D eigenvalue weighted by Crippen LogP contribution is -2.47. The summed E-state index contributed by atoms with van der Waals surface area (Å²) in [5.74, 6) is 1.51. The molecule has 0 spiro atoms. The maximum absolute atomic E-state index is 12.5. The number of nitrogens with one attached hydrogen (secondary N) is 1. The number of carbonyl (C=O) groups is 2. The van der Waals surface area contributed by atoms with Gasteiger partial charge >= 0.3 is 0 Å². The molecule has 0 aliphatic carbocycles. The predicted octanol–water partition coefficient (Wildman–Crippen LogP) is 3.20. The summed E-state index contributed by atoms with van der Waals surface area (Å²) in [4.78, 5) is 26.4. The predicted molar refractivity (Wildman–Crippen MR) is 116 cm³/mol. The molecule has 1 aliphatic heterocycles. The first-order valence-corrected chi connectivity index (χ1v) is 10.6. The molecule has 2 aromatic carbocycles. The number of rotatable bonds is 9. The number of hydrogen-bond acceptors (Lipinski definition) is 4. The molecule has 3 rings (SSSR count). The number of likely N-dealkylation sites (tertiary alicyclic amines) is 1. The van der Waals surface area contributed by atoms with Crippen molar-refractivity contribution in [3.63, 3.8) is 0 Å². The highest BCUT2D eigenvalue weighted by molar-refractivity contribution is 5.78. The van der Waals surface area contributed by atoms with E-state index in [9.17, 15) is 9.59 Å². The number of amides is 2. The highest BCUT2D eigenvalue weighted by atomic mass is 16.5. The molecule has 0 unspecified atom stereocenters. The number of carbonyl (C=O) groups excluding carboxylic acids is 2. The number of nitrogens with zero attached hydrogens (tertiary/aromatic N) is 1.